The van der Waals surface area contributed by atoms with Crippen molar-refractivity contribution < 1.29 is 4.39 Å². The Morgan fingerprint density at radius 2 is 2.14 bits per heavy atom. The van der Waals surface area contributed by atoms with E-state index in [1.807, 2.05) is 6.07 Å². The molecule has 2 aromatic rings. The smallest absolute Gasteiger partial charge is 0.191 e. The van der Waals surface area contributed by atoms with E-state index < -0.39 is 0 Å². The van der Waals surface area contributed by atoms with Crippen LogP contribution in [0.5, 0.6) is 0 Å². The molecule has 0 fully saturated rings. The van der Waals surface area contributed by atoms with Crippen LogP contribution >= 0.6 is 51.2 Å². The van der Waals surface area contributed by atoms with E-state index in [1.54, 1.807) is 30.5 Å². The number of nitrogens with zero attached hydrogens (tertiary/aromatic N) is 1. The topological polar surface area (TPSA) is 36.4 Å². The zero-order chi connectivity index (χ0) is 15.1. The summed E-state index contributed by atoms with van der Waals surface area (Å²) in [6, 6.07) is 9.06. The number of hydrogen-bond donors (Lipinski definition) is 2. The van der Waals surface area contributed by atoms with Gasteiger partial charge < -0.3 is 10.6 Å². The minimum Gasteiger partial charge on any atom is -0.356 e. The highest BCUT2D eigenvalue weighted by molar-refractivity contribution is 14.0. The highest BCUT2D eigenvalue weighted by atomic mass is 127. The van der Waals surface area contributed by atoms with E-state index in [4.69, 9.17) is 0 Å². The van der Waals surface area contributed by atoms with Crippen LogP contribution in [0.4, 0.5) is 4.39 Å². The molecule has 0 bridgehead atoms. The van der Waals surface area contributed by atoms with E-state index >= 15 is 0 Å². The number of rotatable bonds is 5. The van der Waals surface area contributed by atoms with E-state index in [1.165, 1.54) is 10.9 Å². The number of benzene rings is 1. The summed E-state index contributed by atoms with van der Waals surface area (Å²) in [6.45, 7) is 1.19. The SMILES string of the molecule is CN=C(NCCc1cccs1)NCc1cc(Br)ccc1F.I. The van der Waals surface area contributed by atoms with Crippen molar-refractivity contribution in [2.24, 2.45) is 4.99 Å². The number of aliphatic imine (C=N–C) groups is 1. The molecule has 0 radical (unpaired) electrons. The van der Waals surface area contributed by atoms with Gasteiger partial charge in [-0.05, 0) is 36.1 Å². The van der Waals surface area contributed by atoms with Gasteiger partial charge in [0.05, 0.1) is 0 Å². The molecule has 1 aromatic heterocycles. The summed E-state index contributed by atoms with van der Waals surface area (Å²) in [7, 11) is 1.71. The lowest BCUT2D eigenvalue weighted by Gasteiger charge is -2.12. The molecule has 1 heterocycles. The van der Waals surface area contributed by atoms with Crippen LogP contribution in [0.25, 0.3) is 0 Å². The third kappa shape index (κ3) is 6.21. The second kappa shape index (κ2) is 10.2. The standard InChI is InChI=1S/C15H17BrFN3S.HI/c1-18-15(19-7-6-13-3-2-8-21-13)20-10-11-9-12(16)4-5-14(11)17;/h2-5,8-9H,6-7,10H2,1H3,(H2,18,19,20);1H. The van der Waals surface area contributed by atoms with Crippen LogP contribution in [0, 0.1) is 5.82 Å². The van der Waals surface area contributed by atoms with Crippen LogP contribution in [0.1, 0.15) is 10.4 Å². The molecule has 0 saturated heterocycles. The summed E-state index contributed by atoms with van der Waals surface area (Å²) in [4.78, 5) is 5.47. The van der Waals surface area contributed by atoms with Gasteiger partial charge in [0.1, 0.15) is 5.82 Å². The Kier molecular flexibility index (Phi) is 8.96. The Balaban J connectivity index is 0.00000242. The molecule has 0 atom stereocenters. The molecule has 2 rings (SSSR count). The summed E-state index contributed by atoms with van der Waals surface area (Å²) in [5.41, 5.74) is 0.602. The fraction of sp³-hybridized carbons (Fsp3) is 0.267. The first-order chi connectivity index (χ1) is 10.2. The van der Waals surface area contributed by atoms with Crippen molar-refractivity contribution >= 4 is 57.2 Å². The van der Waals surface area contributed by atoms with E-state index in [0.29, 0.717) is 18.1 Å². The predicted octanol–water partition coefficient (Wildman–Crippen LogP) is 4.18. The number of hydrogen-bond acceptors (Lipinski definition) is 2. The number of halogens is 3. The molecule has 7 heteroatoms. The maximum absolute atomic E-state index is 13.6. The lowest BCUT2D eigenvalue weighted by molar-refractivity contribution is 0.604. The maximum atomic E-state index is 13.6. The molecule has 0 aliphatic heterocycles. The zero-order valence-electron chi connectivity index (χ0n) is 12.1. The quantitative estimate of drug-likeness (QED) is 0.369. The summed E-state index contributed by atoms with van der Waals surface area (Å²) in [6.07, 6.45) is 0.948. The Morgan fingerprint density at radius 3 is 2.82 bits per heavy atom. The van der Waals surface area contributed by atoms with Crippen LogP contribution in [-0.2, 0) is 13.0 Å². The average molecular weight is 498 g/mol. The van der Waals surface area contributed by atoms with E-state index in [9.17, 15) is 4.39 Å². The highest BCUT2D eigenvalue weighted by Gasteiger charge is 2.04. The minimum atomic E-state index is -0.222. The largest absolute Gasteiger partial charge is 0.356 e. The molecule has 0 unspecified atom stereocenters. The van der Waals surface area contributed by atoms with Gasteiger partial charge >= 0.3 is 0 Å². The van der Waals surface area contributed by atoms with Gasteiger partial charge in [-0.2, -0.15) is 0 Å². The van der Waals surface area contributed by atoms with Crippen molar-refractivity contribution in [3.8, 4) is 0 Å². The van der Waals surface area contributed by atoms with E-state index in [-0.39, 0.29) is 29.8 Å². The molecule has 0 saturated carbocycles. The average Bonchev–Trinajstić information content (AvgIpc) is 2.99. The third-order valence-electron chi connectivity index (χ3n) is 2.92. The monoisotopic (exact) mass is 497 g/mol. The maximum Gasteiger partial charge on any atom is 0.191 e. The van der Waals surface area contributed by atoms with Gasteiger partial charge in [0, 0.05) is 35.1 Å². The second-order valence-electron chi connectivity index (χ2n) is 4.42. The minimum absolute atomic E-state index is 0. The predicted molar refractivity (Wildman–Crippen MR) is 106 cm³/mol. The first-order valence-corrected chi connectivity index (χ1v) is 8.27. The van der Waals surface area contributed by atoms with Crippen molar-refractivity contribution in [1.29, 1.82) is 0 Å². The summed E-state index contributed by atoms with van der Waals surface area (Å²) in [5, 5.41) is 8.41. The molecule has 22 heavy (non-hydrogen) atoms. The van der Waals surface area contributed by atoms with Crippen molar-refractivity contribution in [3.63, 3.8) is 0 Å². The Morgan fingerprint density at radius 1 is 1.32 bits per heavy atom. The molecular formula is C15H18BrFIN3S. The van der Waals surface area contributed by atoms with Gasteiger partial charge in [0.2, 0.25) is 0 Å². The molecule has 0 spiro atoms. The first-order valence-electron chi connectivity index (χ1n) is 6.60. The van der Waals surface area contributed by atoms with E-state index in [0.717, 1.165) is 17.4 Å². The Labute approximate surface area is 159 Å². The van der Waals surface area contributed by atoms with Gasteiger partial charge in [0.25, 0.3) is 0 Å². The lowest BCUT2D eigenvalue weighted by Crippen LogP contribution is -2.37. The van der Waals surface area contributed by atoms with Crippen LogP contribution < -0.4 is 10.6 Å². The zero-order valence-corrected chi connectivity index (χ0v) is 16.8. The first kappa shape index (κ1) is 19.4. The Bertz CT molecular complexity index is 605. The summed E-state index contributed by atoms with van der Waals surface area (Å²) >= 11 is 5.09. The second-order valence-corrected chi connectivity index (χ2v) is 6.37. The van der Waals surface area contributed by atoms with Crippen LogP contribution in [0.3, 0.4) is 0 Å². The summed E-state index contributed by atoms with van der Waals surface area (Å²) < 4.78 is 14.5. The van der Waals surface area contributed by atoms with Gasteiger partial charge in [0.15, 0.2) is 5.96 Å². The van der Waals surface area contributed by atoms with Crippen LogP contribution in [0.15, 0.2) is 45.2 Å². The molecule has 120 valence electrons. The van der Waals surface area contributed by atoms with Gasteiger partial charge in [-0.3, -0.25) is 4.99 Å². The van der Waals surface area contributed by atoms with Crippen molar-refractivity contribution in [1.82, 2.24) is 10.6 Å². The number of nitrogens with one attached hydrogen (secondary N) is 2. The molecule has 0 amide bonds. The van der Waals surface area contributed by atoms with Gasteiger partial charge in [-0.25, -0.2) is 4.39 Å². The third-order valence-corrected chi connectivity index (χ3v) is 4.35. The highest BCUT2D eigenvalue weighted by Crippen LogP contribution is 2.15. The van der Waals surface area contributed by atoms with Crippen molar-refractivity contribution in [3.05, 3.63) is 56.4 Å². The molecule has 3 nitrogen and oxygen atoms in total. The summed E-state index contributed by atoms with van der Waals surface area (Å²) in [5.74, 6) is 0.450. The fourth-order valence-corrected chi connectivity index (χ4v) is 2.95. The van der Waals surface area contributed by atoms with E-state index in [2.05, 4.69) is 43.0 Å². The molecule has 0 aliphatic rings. The van der Waals surface area contributed by atoms with Crippen molar-refractivity contribution in [2.75, 3.05) is 13.6 Å². The molecule has 2 N–H and O–H groups in total. The van der Waals surface area contributed by atoms with Crippen LogP contribution in [-0.4, -0.2) is 19.6 Å². The molecule has 0 aliphatic carbocycles. The number of guanidine groups is 1. The van der Waals surface area contributed by atoms with Gasteiger partial charge in [-0.1, -0.05) is 22.0 Å². The molecule has 1 aromatic carbocycles. The lowest BCUT2D eigenvalue weighted by atomic mass is 10.2. The van der Waals surface area contributed by atoms with Gasteiger partial charge in [-0.15, -0.1) is 35.3 Å². The fourth-order valence-electron chi connectivity index (χ4n) is 1.84. The Hall–Kier alpha value is -0.670. The normalized spacial score (nSPS) is 11.0. The molecular weight excluding hydrogens is 480 g/mol. The van der Waals surface area contributed by atoms with Crippen molar-refractivity contribution in [2.45, 2.75) is 13.0 Å². The number of thiophene rings is 1. The van der Waals surface area contributed by atoms with Crippen LogP contribution in [0.2, 0.25) is 0 Å².